The maximum Gasteiger partial charge on any atom is 0.269 e. The number of carbonyl (C=O) groups is 1. The summed E-state index contributed by atoms with van der Waals surface area (Å²) in [6.45, 7) is 2.24. The van der Waals surface area contributed by atoms with Gasteiger partial charge in [-0.2, -0.15) is 0 Å². The van der Waals surface area contributed by atoms with Gasteiger partial charge in [-0.3, -0.25) is 14.9 Å². The van der Waals surface area contributed by atoms with Crippen molar-refractivity contribution in [3.05, 3.63) is 87.7 Å². The number of non-ortho nitro benzene ring substituents is 1. The number of hydrogen-bond acceptors (Lipinski definition) is 8. The molecule has 0 fully saturated rings. The average Bonchev–Trinajstić information content (AvgIpc) is 2.77. The number of rotatable bonds is 8. The Morgan fingerprint density at radius 3 is 2.38 bits per heavy atom. The molecule has 32 heavy (non-hydrogen) atoms. The molecular weight excluding hydrogens is 434 g/mol. The molecule has 3 aromatic rings. The number of anilines is 1. The Bertz CT molecular complexity index is 1230. The maximum absolute atomic E-state index is 12.5. The molecule has 11 heteroatoms. The van der Waals surface area contributed by atoms with Gasteiger partial charge in [-0.1, -0.05) is 30.3 Å². The Labute approximate surface area is 185 Å². The van der Waals surface area contributed by atoms with Crippen molar-refractivity contribution in [1.82, 2.24) is 14.7 Å². The summed E-state index contributed by atoms with van der Waals surface area (Å²) in [4.78, 5) is 32.7. The molecule has 166 valence electrons. The smallest absolute Gasteiger partial charge is 0.269 e. The van der Waals surface area contributed by atoms with Crippen molar-refractivity contribution in [2.75, 3.05) is 18.5 Å². The number of sulfonamides is 1. The third-order valence-electron chi connectivity index (χ3n) is 4.72. The fourth-order valence-electron chi connectivity index (χ4n) is 2.89. The van der Waals surface area contributed by atoms with E-state index in [-0.39, 0.29) is 16.1 Å². The van der Waals surface area contributed by atoms with Crippen molar-refractivity contribution in [3.8, 4) is 0 Å². The van der Waals surface area contributed by atoms with Crippen LogP contribution in [0.15, 0.2) is 65.7 Å². The molecule has 0 spiro atoms. The molecule has 0 aliphatic carbocycles. The highest BCUT2D eigenvalue weighted by Crippen LogP contribution is 2.17. The van der Waals surface area contributed by atoms with E-state index in [1.165, 1.54) is 11.8 Å². The Kier molecular flexibility index (Phi) is 6.79. The zero-order chi connectivity index (χ0) is 23.3. The number of nitro benzene ring substituents is 1. The lowest BCUT2D eigenvalue weighted by molar-refractivity contribution is -0.384. The second-order valence-electron chi connectivity index (χ2n) is 7.01. The first-order valence-corrected chi connectivity index (χ1v) is 11.1. The van der Waals surface area contributed by atoms with E-state index in [2.05, 4.69) is 9.97 Å². The third-order valence-corrected chi connectivity index (χ3v) is 6.06. The standard InChI is InChI=1S/C21H21N5O5S/c1-15-19(14-22-21(23-15)25(2)13-12-16-6-4-3-5-7-16)20(27)24-32(30,31)18-10-8-17(9-11-18)26(28)29/h3-11,14H,12-13H2,1-2H3,(H,24,27). The number of likely N-dealkylation sites (N-methyl/N-ethyl adjacent to an activating group) is 1. The Hall–Kier alpha value is -3.86. The van der Waals surface area contributed by atoms with E-state index in [0.29, 0.717) is 18.2 Å². The summed E-state index contributed by atoms with van der Waals surface area (Å²) in [7, 11) is -2.39. The normalized spacial score (nSPS) is 11.1. The van der Waals surface area contributed by atoms with Crippen LogP contribution in [0.3, 0.4) is 0 Å². The number of nitro groups is 1. The maximum atomic E-state index is 12.5. The van der Waals surface area contributed by atoms with Crippen molar-refractivity contribution in [1.29, 1.82) is 0 Å². The van der Waals surface area contributed by atoms with Gasteiger partial charge >= 0.3 is 0 Å². The van der Waals surface area contributed by atoms with Crippen molar-refractivity contribution in [3.63, 3.8) is 0 Å². The molecule has 1 aromatic heterocycles. The highest BCUT2D eigenvalue weighted by Gasteiger charge is 2.22. The summed E-state index contributed by atoms with van der Waals surface area (Å²) in [5, 5.41) is 10.7. The van der Waals surface area contributed by atoms with E-state index in [4.69, 9.17) is 0 Å². The Morgan fingerprint density at radius 1 is 1.12 bits per heavy atom. The number of amides is 1. The van der Waals surface area contributed by atoms with Crippen molar-refractivity contribution >= 4 is 27.6 Å². The molecule has 1 heterocycles. The molecule has 0 aliphatic rings. The second-order valence-corrected chi connectivity index (χ2v) is 8.69. The van der Waals surface area contributed by atoms with Gasteiger partial charge in [0.1, 0.15) is 0 Å². The minimum absolute atomic E-state index is 0.00990. The van der Waals surface area contributed by atoms with Crippen LogP contribution >= 0.6 is 0 Å². The monoisotopic (exact) mass is 455 g/mol. The highest BCUT2D eigenvalue weighted by molar-refractivity contribution is 7.90. The number of benzene rings is 2. The van der Waals surface area contributed by atoms with Gasteiger partial charge in [0.05, 0.1) is 21.1 Å². The van der Waals surface area contributed by atoms with E-state index >= 15 is 0 Å². The first kappa shape index (κ1) is 22.8. The lowest BCUT2D eigenvalue weighted by Crippen LogP contribution is -2.32. The number of nitrogens with one attached hydrogen (secondary N) is 1. The van der Waals surface area contributed by atoms with Gasteiger partial charge in [0.2, 0.25) is 5.95 Å². The molecule has 3 rings (SSSR count). The molecule has 1 N–H and O–H groups in total. The van der Waals surface area contributed by atoms with E-state index in [9.17, 15) is 23.3 Å². The van der Waals surface area contributed by atoms with Gasteiger partial charge in [-0.25, -0.2) is 23.1 Å². The van der Waals surface area contributed by atoms with Crippen LogP contribution in [-0.4, -0.2) is 42.8 Å². The van der Waals surface area contributed by atoms with Crippen LogP contribution in [0.25, 0.3) is 0 Å². The average molecular weight is 455 g/mol. The van der Waals surface area contributed by atoms with Gasteiger partial charge in [0.15, 0.2) is 0 Å². The summed E-state index contributed by atoms with van der Waals surface area (Å²) < 4.78 is 26.8. The molecule has 0 atom stereocenters. The third kappa shape index (κ3) is 5.43. The summed E-state index contributed by atoms with van der Waals surface area (Å²) in [5.41, 5.74) is 1.24. The van der Waals surface area contributed by atoms with E-state index in [0.717, 1.165) is 30.7 Å². The summed E-state index contributed by atoms with van der Waals surface area (Å²) in [6, 6.07) is 14.1. The van der Waals surface area contributed by atoms with E-state index in [1.807, 2.05) is 47.0 Å². The zero-order valence-corrected chi connectivity index (χ0v) is 18.2. The number of carbonyl (C=O) groups excluding carboxylic acids is 1. The lowest BCUT2D eigenvalue weighted by atomic mass is 10.1. The van der Waals surface area contributed by atoms with Crippen molar-refractivity contribution in [2.24, 2.45) is 0 Å². The number of aryl methyl sites for hydroxylation is 1. The molecule has 0 saturated heterocycles. The molecule has 10 nitrogen and oxygen atoms in total. The SMILES string of the molecule is Cc1nc(N(C)CCc2ccccc2)ncc1C(=O)NS(=O)(=O)c1ccc([N+](=O)[O-])cc1. The van der Waals surface area contributed by atoms with Crippen LogP contribution in [-0.2, 0) is 16.4 Å². The predicted octanol–water partition coefficient (Wildman–Crippen LogP) is 2.49. The Morgan fingerprint density at radius 2 is 1.78 bits per heavy atom. The van der Waals surface area contributed by atoms with Gasteiger partial charge in [-0.15, -0.1) is 0 Å². The van der Waals surface area contributed by atoms with Crippen LogP contribution in [0.4, 0.5) is 11.6 Å². The number of hydrogen-bond donors (Lipinski definition) is 1. The van der Waals surface area contributed by atoms with Gasteiger partial charge in [0.25, 0.3) is 21.6 Å². The first-order valence-electron chi connectivity index (χ1n) is 9.57. The summed E-state index contributed by atoms with van der Waals surface area (Å²) >= 11 is 0. The van der Waals surface area contributed by atoms with Crippen molar-refractivity contribution in [2.45, 2.75) is 18.2 Å². The fraction of sp³-hybridized carbons (Fsp3) is 0.190. The van der Waals surface area contributed by atoms with Crippen LogP contribution in [0.1, 0.15) is 21.6 Å². The van der Waals surface area contributed by atoms with Crippen molar-refractivity contribution < 1.29 is 18.1 Å². The molecule has 0 aliphatic heterocycles. The van der Waals surface area contributed by atoms with Crippen LogP contribution in [0.5, 0.6) is 0 Å². The lowest BCUT2D eigenvalue weighted by Gasteiger charge is -2.18. The van der Waals surface area contributed by atoms with Crippen LogP contribution < -0.4 is 9.62 Å². The second kappa shape index (κ2) is 9.52. The largest absolute Gasteiger partial charge is 0.344 e. The van der Waals surface area contributed by atoms with Crippen LogP contribution in [0.2, 0.25) is 0 Å². The van der Waals surface area contributed by atoms with Gasteiger partial charge in [0, 0.05) is 31.9 Å². The van der Waals surface area contributed by atoms with E-state index in [1.54, 1.807) is 6.92 Å². The summed E-state index contributed by atoms with van der Waals surface area (Å²) in [6.07, 6.45) is 2.06. The molecule has 2 aromatic carbocycles. The Balaban J connectivity index is 1.69. The van der Waals surface area contributed by atoms with Crippen LogP contribution in [0, 0.1) is 17.0 Å². The highest BCUT2D eigenvalue weighted by atomic mass is 32.2. The molecule has 0 unspecified atom stereocenters. The molecular formula is C21H21N5O5S. The number of nitrogens with zero attached hydrogens (tertiary/aromatic N) is 4. The minimum atomic E-state index is -4.22. The number of aromatic nitrogens is 2. The zero-order valence-electron chi connectivity index (χ0n) is 17.4. The fourth-order valence-corrected chi connectivity index (χ4v) is 3.85. The minimum Gasteiger partial charge on any atom is -0.344 e. The predicted molar refractivity (Wildman–Crippen MR) is 118 cm³/mol. The van der Waals surface area contributed by atoms with Gasteiger partial charge < -0.3 is 4.90 Å². The first-order chi connectivity index (χ1) is 15.2. The van der Waals surface area contributed by atoms with Gasteiger partial charge in [-0.05, 0) is 31.0 Å². The molecule has 0 bridgehead atoms. The molecule has 0 radical (unpaired) electrons. The molecule has 0 saturated carbocycles. The van der Waals surface area contributed by atoms with E-state index < -0.39 is 20.9 Å². The summed E-state index contributed by atoms with van der Waals surface area (Å²) in [5.74, 6) is -0.479. The quantitative estimate of drug-likeness (QED) is 0.404. The molecule has 1 amide bonds. The topological polar surface area (TPSA) is 135 Å².